The molecule has 0 heterocycles. The molecule has 11 nitrogen and oxygen atoms in total. The lowest BCUT2D eigenvalue weighted by Gasteiger charge is -2.09. The van der Waals surface area contributed by atoms with Crippen LogP contribution in [0.15, 0.2) is 136 Å². The predicted octanol–water partition coefficient (Wildman–Crippen LogP) is 11.5. The van der Waals surface area contributed by atoms with E-state index in [0.717, 1.165) is 38.5 Å². The summed E-state index contributed by atoms with van der Waals surface area (Å²) in [5.74, 6) is -1.77. The van der Waals surface area contributed by atoms with E-state index in [1.807, 2.05) is 48.5 Å². The van der Waals surface area contributed by atoms with Gasteiger partial charge >= 0.3 is 11.9 Å². The molecule has 0 amide bonds. The standard InChI is InChI=1S/C40H37N5O6/c1-3-5-8-28-12-16-30(17-13-28)41-43-32-20-24-34(25-21-32)50-39(46)36-10-7-11-37(38(36)45(48)49)40(47)51-35-26-22-33(23-27-35)44-42-31-18-14-29(15-19-31)9-6-4-2/h7,10-27H,3-6,8-9H2,1-2H3. The summed E-state index contributed by atoms with van der Waals surface area (Å²) in [7, 11) is 0. The summed E-state index contributed by atoms with van der Waals surface area (Å²) in [4.78, 5) is 37.4. The second-order valence-electron chi connectivity index (χ2n) is 11.7. The van der Waals surface area contributed by atoms with Gasteiger partial charge in [0.15, 0.2) is 0 Å². The summed E-state index contributed by atoms with van der Waals surface area (Å²) in [6, 6.07) is 31.9. The third kappa shape index (κ3) is 10.3. The van der Waals surface area contributed by atoms with Crippen molar-refractivity contribution in [3.63, 3.8) is 0 Å². The number of carbonyl (C=O) groups excluding carboxylic acids is 2. The van der Waals surface area contributed by atoms with Crippen molar-refractivity contribution < 1.29 is 24.0 Å². The van der Waals surface area contributed by atoms with Gasteiger partial charge in [0, 0.05) is 0 Å². The number of carbonyl (C=O) groups is 2. The number of nitro groups is 1. The summed E-state index contributed by atoms with van der Waals surface area (Å²) >= 11 is 0. The first-order valence-corrected chi connectivity index (χ1v) is 16.8. The Morgan fingerprint density at radius 2 is 0.882 bits per heavy atom. The third-order valence-electron chi connectivity index (χ3n) is 7.83. The summed E-state index contributed by atoms with van der Waals surface area (Å²) in [6.45, 7) is 4.31. The average Bonchev–Trinajstić information content (AvgIpc) is 3.16. The third-order valence-corrected chi connectivity index (χ3v) is 7.83. The van der Waals surface area contributed by atoms with Gasteiger partial charge in [-0.1, -0.05) is 57.0 Å². The van der Waals surface area contributed by atoms with Crippen molar-refractivity contribution in [2.24, 2.45) is 20.5 Å². The van der Waals surface area contributed by atoms with Gasteiger partial charge in [-0.3, -0.25) is 10.1 Å². The molecule has 0 saturated heterocycles. The van der Waals surface area contributed by atoms with E-state index in [2.05, 4.69) is 34.3 Å². The highest BCUT2D eigenvalue weighted by Crippen LogP contribution is 2.29. The number of nitro benzene ring substituents is 1. The molecule has 0 radical (unpaired) electrons. The highest BCUT2D eigenvalue weighted by molar-refractivity contribution is 6.03. The first kappa shape index (κ1) is 35.9. The molecule has 11 heteroatoms. The molecule has 0 aromatic heterocycles. The number of hydrogen-bond donors (Lipinski definition) is 0. The summed E-state index contributed by atoms with van der Waals surface area (Å²) in [6.07, 6.45) is 6.56. The van der Waals surface area contributed by atoms with E-state index in [9.17, 15) is 19.7 Å². The fourth-order valence-electron chi connectivity index (χ4n) is 5.01. The van der Waals surface area contributed by atoms with Crippen molar-refractivity contribution in [3.8, 4) is 11.5 Å². The summed E-state index contributed by atoms with van der Waals surface area (Å²) < 4.78 is 10.8. The van der Waals surface area contributed by atoms with Gasteiger partial charge in [-0.2, -0.15) is 20.5 Å². The molecule has 0 atom stereocenters. The SMILES string of the molecule is CCCCc1ccc(N=Nc2ccc(OC(=O)c3cccc(C(=O)Oc4ccc(N=Nc5ccc(CCCC)cc5)cc4)c3[N+](=O)[O-])cc2)cc1. The van der Waals surface area contributed by atoms with Gasteiger partial charge < -0.3 is 9.47 Å². The molecule has 5 rings (SSSR count). The average molecular weight is 684 g/mol. The van der Waals surface area contributed by atoms with Gasteiger partial charge in [0.1, 0.15) is 22.6 Å². The molecule has 0 bridgehead atoms. The molecule has 0 aliphatic heterocycles. The van der Waals surface area contributed by atoms with Crippen molar-refractivity contribution in [2.45, 2.75) is 52.4 Å². The van der Waals surface area contributed by atoms with E-state index >= 15 is 0 Å². The lowest BCUT2D eigenvalue weighted by molar-refractivity contribution is -0.385. The van der Waals surface area contributed by atoms with Crippen LogP contribution in [0.3, 0.4) is 0 Å². The molecule has 5 aromatic carbocycles. The Morgan fingerprint density at radius 1 is 0.549 bits per heavy atom. The number of azo groups is 2. The lowest BCUT2D eigenvalue weighted by atomic mass is 10.1. The monoisotopic (exact) mass is 683 g/mol. The molecule has 0 aliphatic carbocycles. The Balaban J connectivity index is 1.21. The fourth-order valence-corrected chi connectivity index (χ4v) is 5.01. The largest absolute Gasteiger partial charge is 0.423 e. The number of unbranched alkanes of at least 4 members (excludes halogenated alkanes) is 2. The predicted molar refractivity (Wildman–Crippen MR) is 194 cm³/mol. The quantitative estimate of drug-likeness (QED) is 0.0353. The second-order valence-corrected chi connectivity index (χ2v) is 11.7. The summed E-state index contributed by atoms with van der Waals surface area (Å²) in [5, 5.41) is 29.0. The van der Waals surface area contributed by atoms with Crippen molar-refractivity contribution in [1.82, 2.24) is 0 Å². The normalized spacial score (nSPS) is 11.2. The van der Waals surface area contributed by atoms with Crippen LogP contribution in [-0.4, -0.2) is 16.9 Å². The zero-order valence-corrected chi connectivity index (χ0v) is 28.4. The molecule has 0 N–H and O–H groups in total. The second kappa shape index (κ2) is 17.9. The minimum atomic E-state index is -1.01. The van der Waals surface area contributed by atoms with E-state index in [4.69, 9.17) is 9.47 Å². The molecule has 0 fully saturated rings. The maximum Gasteiger partial charge on any atom is 0.350 e. The van der Waals surface area contributed by atoms with E-state index in [-0.39, 0.29) is 11.5 Å². The Hall–Kier alpha value is -6.36. The van der Waals surface area contributed by atoms with Crippen molar-refractivity contribution in [1.29, 1.82) is 0 Å². The minimum absolute atomic E-state index is 0.128. The smallest absolute Gasteiger partial charge is 0.350 e. The first-order valence-electron chi connectivity index (χ1n) is 16.8. The van der Waals surface area contributed by atoms with Crippen LogP contribution in [0.2, 0.25) is 0 Å². The minimum Gasteiger partial charge on any atom is -0.423 e. The number of benzene rings is 5. The van der Waals surface area contributed by atoms with Gasteiger partial charge in [-0.05, 0) is 122 Å². The van der Waals surface area contributed by atoms with Crippen LogP contribution in [0, 0.1) is 10.1 Å². The Morgan fingerprint density at radius 3 is 1.20 bits per heavy atom. The number of aryl methyl sites for hydroxylation is 2. The molecule has 0 unspecified atom stereocenters. The number of ether oxygens (including phenoxy) is 2. The van der Waals surface area contributed by atoms with E-state index in [1.54, 1.807) is 24.3 Å². The van der Waals surface area contributed by atoms with Crippen LogP contribution < -0.4 is 9.47 Å². The highest BCUT2D eigenvalue weighted by Gasteiger charge is 2.30. The molecule has 0 saturated carbocycles. The highest BCUT2D eigenvalue weighted by atomic mass is 16.6. The van der Waals surface area contributed by atoms with E-state index in [0.29, 0.717) is 22.7 Å². The van der Waals surface area contributed by atoms with Crippen LogP contribution in [0.5, 0.6) is 11.5 Å². The maximum atomic E-state index is 13.1. The number of hydrogen-bond acceptors (Lipinski definition) is 10. The molecular weight excluding hydrogens is 646 g/mol. The van der Waals surface area contributed by atoms with Crippen molar-refractivity contribution in [3.05, 3.63) is 148 Å². The van der Waals surface area contributed by atoms with Crippen LogP contribution in [0.4, 0.5) is 28.4 Å². The van der Waals surface area contributed by atoms with Crippen molar-refractivity contribution >= 4 is 40.4 Å². The first-order chi connectivity index (χ1) is 24.8. The summed E-state index contributed by atoms with van der Waals surface area (Å²) in [5.41, 5.74) is 3.38. The van der Waals surface area contributed by atoms with Crippen LogP contribution in [0.25, 0.3) is 0 Å². The van der Waals surface area contributed by atoms with Crippen LogP contribution in [-0.2, 0) is 12.8 Å². The molecule has 258 valence electrons. The molecule has 51 heavy (non-hydrogen) atoms. The Kier molecular flexibility index (Phi) is 12.6. The van der Waals surface area contributed by atoms with Crippen LogP contribution in [0.1, 0.15) is 71.4 Å². The number of esters is 2. The van der Waals surface area contributed by atoms with Crippen LogP contribution >= 0.6 is 0 Å². The van der Waals surface area contributed by atoms with Crippen molar-refractivity contribution in [2.75, 3.05) is 0 Å². The molecule has 0 aliphatic rings. The number of rotatable bonds is 15. The zero-order valence-electron chi connectivity index (χ0n) is 28.4. The number of nitrogens with zero attached hydrogens (tertiary/aromatic N) is 5. The molecular formula is C40H37N5O6. The zero-order chi connectivity index (χ0) is 36.0. The van der Waals surface area contributed by atoms with Gasteiger partial charge in [0.2, 0.25) is 0 Å². The molecule has 0 spiro atoms. The van der Waals surface area contributed by atoms with Gasteiger partial charge in [-0.15, -0.1) is 0 Å². The topological polar surface area (TPSA) is 145 Å². The van der Waals surface area contributed by atoms with E-state index < -0.39 is 33.7 Å². The lowest BCUT2D eigenvalue weighted by Crippen LogP contribution is -2.16. The van der Waals surface area contributed by atoms with Gasteiger partial charge in [0.25, 0.3) is 5.69 Å². The Bertz CT molecular complexity index is 1870. The Labute approximate surface area is 295 Å². The van der Waals surface area contributed by atoms with Gasteiger partial charge in [-0.25, -0.2) is 9.59 Å². The van der Waals surface area contributed by atoms with Gasteiger partial charge in [0.05, 0.1) is 27.7 Å². The molecule has 5 aromatic rings. The maximum absolute atomic E-state index is 13.1. The fraction of sp³-hybridized carbons (Fsp3) is 0.200. The number of para-hydroxylation sites is 1. The van der Waals surface area contributed by atoms with E-state index in [1.165, 1.54) is 53.6 Å².